The molecular weight excluding hydrogens is 410 g/mol. The summed E-state index contributed by atoms with van der Waals surface area (Å²) in [6.07, 6.45) is 3.86. The third-order valence-electron chi connectivity index (χ3n) is 5.52. The van der Waals surface area contributed by atoms with E-state index in [0.29, 0.717) is 49.2 Å². The standard InChI is InChI=1S/C25H30ClN3O2/c1-4-25(31)29-15-13-28(14-16-29)23-11-10-21(26)17-22(23)27-24(30)12-7-19-5-8-20(9-6-19)18(2)3/h5-12,17-18H,4,13-16H2,1-3H3,(H,27,30)/b12-7+. The van der Waals surface area contributed by atoms with Crippen molar-refractivity contribution < 1.29 is 9.59 Å². The number of halogens is 1. The highest BCUT2D eigenvalue weighted by molar-refractivity contribution is 6.31. The molecule has 6 heteroatoms. The molecule has 1 aliphatic rings. The van der Waals surface area contributed by atoms with Gasteiger partial charge in [0.2, 0.25) is 11.8 Å². The van der Waals surface area contributed by atoms with Crippen molar-refractivity contribution in [1.29, 1.82) is 0 Å². The van der Waals surface area contributed by atoms with Crippen LogP contribution in [0.4, 0.5) is 11.4 Å². The fourth-order valence-corrected chi connectivity index (χ4v) is 3.81. The highest BCUT2D eigenvalue weighted by Gasteiger charge is 2.22. The molecule has 0 unspecified atom stereocenters. The zero-order valence-corrected chi connectivity index (χ0v) is 19.2. The largest absolute Gasteiger partial charge is 0.366 e. The van der Waals surface area contributed by atoms with Crippen LogP contribution in [0.5, 0.6) is 0 Å². The molecule has 1 saturated heterocycles. The second-order valence-corrected chi connectivity index (χ2v) is 8.46. The molecule has 0 saturated carbocycles. The first-order valence-electron chi connectivity index (χ1n) is 10.8. The highest BCUT2D eigenvalue weighted by atomic mass is 35.5. The number of hydrogen-bond donors (Lipinski definition) is 1. The summed E-state index contributed by atoms with van der Waals surface area (Å²) in [5, 5.41) is 3.52. The lowest BCUT2D eigenvalue weighted by Gasteiger charge is -2.37. The number of hydrogen-bond acceptors (Lipinski definition) is 3. The van der Waals surface area contributed by atoms with Crippen molar-refractivity contribution in [3.8, 4) is 0 Å². The number of carbonyl (C=O) groups is 2. The van der Waals surface area contributed by atoms with Crippen molar-refractivity contribution in [1.82, 2.24) is 4.90 Å². The van der Waals surface area contributed by atoms with Gasteiger partial charge in [0.05, 0.1) is 11.4 Å². The van der Waals surface area contributed by atoms with Gasteiger partial charge >= 0.3 is 0 Å². The molecule has 0 radical (unpaired) electrons. The van der Waals surface area contributed by atoms with Gasteiger partial charge in [-0.1, -0.05) is 56.6 Å². The van der Waals surface area contributed by atoms with E-state index in [1.807, 2.05) is 36.1 Å². The van der Waals surface area contributed by atoms with Crippen molar-refractivity contribution in [2.75, 3.05) is 36.4 Å². The molecule has 31 heavy (non-hydrogen) atoms. The van der Waals surface area contributed by atoms with Crippen molar-refractivity contribution in [3.63, 3.8) is 0 Å². The van der Waals surface area contributed by atoms with Gasteiger partial charge in [-0.05, 0) is 41.3 Å². The Kier molecular flexibility index (Phi) is 7.75. The van der Waals surface area contributed by atoms with Gasteiger partial charge < -0.3 is 15.1 Å². The fourth-order valence-electron chi connectivity index (χ4n) is 3.64. The number of rotatable bonds is 6. The average Bonchev–Trinajstić information content (AvgIpc) is 2.77. The number of carbonyl (C=O) groups excluding carboxylic acids is 2. The molecule has 2 amide bonds. The van der Waals surface area contributed by atoms with Crippen LogP contribution in [-0.4, -0.2) is 42.9 Å². The van der Waals surface area contributed by atoms with E-state index in [1.54, 1.807) is 12.1 Å². The normalized spacial score (nSPS) is 14.4. The summed E-state index contributed by atoms with van der Waals surface area (Å²) >= 11 is 6.20. The average molecular weight is 440 g/mol. The van der Waals surface area contributed by atoms with Crippen molar-refractivity contribution >= 4 is 40.9 Å². The van der Waals surface area contributed by atoms with E-state index < -0.39 is 0 Å². The van der Waals surface area contributed by atoms with Gasteiger partial charge in [0, 0.05) is 43.7 Å². The smallest absolute Gasteiger partial charge is 0.248 e. The third-order valence-corrected chi connectivity index (χ3v) is 5.76. The maximum Gasteiger partial charge on any atom is 0.248 e. The zero-order valence-electron chi connectivity index (χ0n) is 18.4. The minimum absolute atomic E-state index is 0.177. The topological polar surface area (TPSA) is 52.7 Å². The quantitative estimate of drug-likeness (QED) is 0.631. The molecule has 3 rings (SSSR count). The van der Waals surface area contributed by atoms with Crippen molar-refractivity contribution in [3.05, 3.63) is 64.7 Å². The molecule has 1 heterocycles. The molecule has 1 aliphatic heterocycles. The van der Waals surface area contributed by atoms with Crippen LogP contribution >= 0.6 is 11.6 Å². The van der Waals surface area contributed by atoms with Gasteiger partial charge in [-0.3, -0.25) is 9.59 Å². The van der Waals surface area contributed by atoms with Crippen molar-refractivity contribution in [2.45, 2.75) is 33.1 Å². The maximum absolute atomic E-state index is 12.6. The van der Waals surface area contributed by atoms with Crippen LogP contribution in [-0.2, 0) is 9.59 Å². The molecule has 0 aromatic heterocycles. The molecule has 0 spiro atoms. The minimum Gasteiger partial charge on any atom is -0.366 e. The van der Waals surface area contributed by atoms with E-state index in [4.69, 9.17) is 11.6 Å². The number of piperazine rings is 1. The number of benzene rings is 2. The summed E-state index contributed by atoms with van der Waals surface area (Å²) in [6.45, 7) is 8.98. The lowest BCUT2D eigenvalue weighted by atomic mass is 10.0. The number of anilines is 2. The first-order valence-corrected chi connectivity index (χ1v) is 11.2. The molecule has 0 bridgehead atoms. The Bertz CT molecular complexity index is 946. The van der Waals surface area contributed by atoms with Crippen LogP contribution in [0.25, 0.3) is 6.08 Å². The van der Waals surface area contributed by atoms with Crippen LogP contribution in [0.3, 0.4) is 0 Å². The van der Waals surface area contributed by atoms with E-state index in [1.165, 1.54) is 11.6 Å². The van der Waals surface area contributed by atoms with Crippen molar-refractivity contribution in [2.24, 2.45) is 0 Å². The van der Waals surface area contributed by atoms with E-state index in [-0.39, 0.29) is 11.8 Å². The summed E-state index contributed by atoms with van der Waals surface area (Å²) in [7, 11) is 0. The molecule has 5 nitrogen and oxygen atoms in total. The van der Waals surface area contributed by atoms with Gasteiger partial charge in [-0.2, -0.15) is 0 Å². The van der Waals surface area contributed by atoms with Crippen LogP contribution in [0.15, 0.2) is 48.5 Å². The van der Waals surface area contributed by atoms with Crippen LogP contribution in [0.2, 0.25) is 5.02 Å². The molecule has 0 atom stereocenters. The van der Waals surface area contributed by atoms with E-state index in [9.17, 15) is 9.59 Å². The van der Waals surface area contributed by atoms with Gasteiger partial charge in [0.1, 0.15) is 0 Å². The Labute approximate surface area is 189 Å². The Morgan fingerprint density at radius 3 is 2.35 bits per heavy atom. The highest BCUT2D eigenvalue weighted by Crippen LogP contribution is 2.30. The van der Waals surface area contributed by atoms with Gasteiger partial charge in [-0.25, -0.2) is 0 Å². The van der Waals surface area contributed by atoms with Crippen LogP contribution < -0.4 is 10.2 Å². The maximum atomic E-state index is 12.6. The zero-order chi connectivity index (χ0) is 22.4. The molecule has 0 aliphatic carbocycles. The molecule has 1 fully saturated rings. The second kappa shape index (κ2) is 10.5. The number of amides is 2. The lowest BCUT2D eigenvalue weighted by Crippen LogP contribution is -2.48. The van der Waals surface area contributed by atoms with Crippen LogP contribution in [0, 0.1) is 0 Å². The summed E-state index contributed by atoms with van der Waals surface area (Å²) in [5.41, 5.74) is 3.83. The summed E-state index contributed by atoms with van der Waals surface area (Å²) in [5.74, 6) is 0.441. The predicted molar refractivity (Wildman–Crippen MR) is 129 cm³/mol. The van der Waals surface area contributed by atoms with Gasteiger partial charge in [0.15, 0.2) is 0 Å². The molecule has 164 valence electrons. The van der Waals surface area contributed by atoms with E-state index >= 15 is 0 Å². The Hall–Kier alpha value is -2.79. The SMILES string of the molecule is CCC(=O)N1CCN(c2ccc(Cl)cc2NC(=O)/C=C/c2ccc(C(C)C)cc2)CC1. The summed E-state index contributed by atoms with van der Waals surface area (Å²) in [6, 6.07) is 13.7. The second-order valence-electron chi connectivity index (χ2n) is 8.03. The Morgan fingerprint density at radius 2 is 1.74 bits per heavy atom. The molecule has 2 aromatic carbocycles. The van der Waals surface area contributed by atoms with E-state index in [2.05, 4.69) is 36.2 Å². The van der Waals surface area contributed by atoms with Crippen LogP contribution in [0.1, 0.15) is 44.2 Å². The Balaban J connectivity index is 1.68. The summed E-state index contributed by atoms with van der Waals surface area (Å²) in [4.78, 5) is 28.6. The molecule has 2 aromatic rings. The molecule has 1 N–H and O–H groups in total. The van der Waals surface area contributed by atoms with Gasteiger partial charge in [-0.15, -0.1) is 0 Å². The minimum atomic E-state index is -0.212. The Morgan fingerprint density at radius 1 is 1.06 bits per heavy atom. The van der Waals surface area contributed by atoms with E-state index in [0.717, 1.165) is 11.3 Å². The number of nitrogens with zero attached hydrogens (tertiary/aromatic N) is 2. The predicted octanol–water partition coefficient (Wildman–Crippen LogP) is 5.17. The first-order chi connectivity index (χ1) is 14.9. The number of nitrogens with one attached hydrogen (secondary N) is 1. The lowest BCUT2D eigenvalue weighted by molar-refractivity contribution is -0.131. The van der Waals surface area contributed by atoms with Gasteiger partial charge in [0.25, 0.3) is 0 Å². The fraction of sp³-hybridized carbons (Fsp3) is 0.360. The third kappa shape index (κ3) is 6.11. The molecular formula is C25H30ClN3O2. The monoisotopic (exact) mass is 439 g/mol. The summed E-state index contributed by atoms with van der Waals surface area (Å²) < 4.78 is 0. The first kappa shape index (κ1) is 22.9.